The van der Waals surface area contributed by atoms with Crippen LogP contribution in [0.4, 0.5) is 0 Å². The number of ether oxygens (including phenoxy) is 1. The number of hydrogen-bond acceptors (Lipinski definition) is 6. The Kier molecular flexibility index (Phi) is 5.05. The number of hydrogen-bond donors (Lipinski definition) is 0. The van der Waals surface area contributed by atoms with Gasteiger partial charge in [0.25, 0.3) is 5.56 Å². The number of methoxy groups -OCH3 is 1. The molecule has 0 radical (unpaired) electrons. The Morgan fingerprint density at radius 1 is 1.29 bits per heavy atom. The number of nitrogens with zero attached hydrogens (tertiary/aromatic N) is 2. The number of thiazole rings is 1. The molecule has 1 aromatic carbocycles. The number of allylic oxidation sites excluding steroid dienone is 1. The van der Waals surface area contributed by atoms with Gasteiger partial charge in [0.05, 0.1) is 22.9 Å². The lowest BCUT2D eigenvalue weighted by molar-refractivity contribution is -0.136. The maximum Gasteiger partial charge on any atom is 0.338 e. The smallest absolute Gasteiger partial charge is 0.338 e. The summed E-state index contributed by atoms with van der Waals surface area (Å²) in [5.41, 5.74) is 1.47. The molecule has 0 aliphatic carbocycles. The van der Waals surface area contributed by atoms with Gasteiger partial charge in [-0.3, -0.25) is 9.36 Å². The van der Waals surface area contributed by atoms with Gasteiger partial charge >= 0.3 is 5.97 Å². The summed E-state index contributed by atoms with van der Waals surface area (Å²) in [5.74, 6) is -0.486. The third kappa shape index (κ3) is 3.15. The zero-order valence-corrected chi connectivity index (χ0v) is 17.4. The van der Waals surface area contributed by atoms with Gasteiger partial charge in [0.1, 0.15) is 6.04 Å². The average Bonchev–Trinajstić information content (AvgIpc) is 3.31. The van der Waals surface area contributed by atoms with Crippen LogP contribution in [0.25, 0.3) is 6.08 Å². The Labute approximate surface area is 173 Å². The predicted octanol–water partition coefficient (Wildman–Crippen LogP) is 3.12. The average molecular weight is 431 g/mol. The molecule has 5 nitrogen and oxygen atoms in total. The minimum Gasteiger partial charge on any atom is -0.466 e. The first-order chi connectivity index (χ1) is 13.5. The van der Waals surface area contributed by atoms with Gasteiger partial charge in [0.2, 0.25) is 0 Å². The second kappa shape index (κ2) is 7.50. The van der Waals surface area contributed by atoms with E-state index in [2.05, 4.69) is 4.99 Å². The fourth-order valence-electron chi connectivity index (χ4n) is 3.14. The SMILES string of the molecule is COC(=O)C1=C(C)N=c2s/c(=C\c3ccccc3Cl)c(=O)n2[C@@H]1c1cccs1. The first kappa shape index (κ1) is 18.9. The summed E-state index contributed by atoms with van der Waals surface area (Å²) >= 11 is 9.00. The highest BCUT2D eigenvalue weighted by Crippen LogP contribution is 2.32. The molecule has 0 bridgehead atoms. The molecule has 1 aliphatic heterocycles. The van der Waals surface area contributed by atoms with Crippen LogP contribution in [0.3, 0.4) is 0 Å². The first-order valence-electron chi connectivity index (χ1n) is 8.40. The molecule has 0 saturated carbocycles. The Morgan fingerprint density at radius 3 is 2.75 bits per heavy atom. The summed E-state index contributed by atoms with van der Waals surface area (Å²) in [6.07, 6.45) is 1.76. The number of thiophene rings is 1. The van der Waals surface area contributed by atoms with Gasteiger partial charge in [-0.05, 0) is 36.1 Å². The van der Waals surface area contributed by atoms with Crippen LogP contribution in [0.5, 0.6) is 0 Å². The highest BCUT2D eigenvalue weighted by Gasteiger charge is 2.33. The van der Waals surface area contributed by atoms with E-state index in [0.29, 0.717) is 25.6 Å². The molecule has 0 N–H and O–H groups in total. The van der Waals surface area contributed by atoms with Crippen LogP contribution in [-0.2, 0) is 9.53 Å². The third-order valence-corrected chi connectivity index (χ3v) is 6.68. The van der Waals surface area contributed by atoms with E-state index >= 15 is 0 Å². The van der Waals surface area contributed by atoms with Crippen LogP contribution in [0, 0.1) is 0 Å². The van der Waals surface area contributed by atoms with E-state index in [4.69, 9.17) is 16.3 Å². The van der Waals surface area contributed by atoms with Crippen LogP contribution in [-0.4, -0.2) is 17.6 Å². The molecule has 0 unspecified atom stereocenters. The fourth-order valence-corrected chi connectivity index (χ4v) is 5.19. The number of esters is 1. The minimum atomic E-state index is -0.558. The molecule has 4 rings (SSSR count). The largest absolute Gasteiger partial charge is 0.466 e. The minimum absolute atomic E-state index is 0.212. The summed E-state index contributed by atoms with van der Waals surface area (Å²) in [4.78, 5) is 31.7. The van der Waals surface area contributed by atoms with Crippen molar-refractivity contribution < 1.29 is 9.53 Å². The van der Waals surface area contributed by atoms with E-state index in [1.165, 1.54) is 29.8 Å². The van der Waals surface area contributed by atoms with E-state index < -0.39 is 12.0 Å². The Bertz CT molecular complexity index is 1270. The zero-order chi connectivity index (χ0) is 19.8. The molecule has 142 valence electrons. The van der Waals surface area contributed by atoms with Crippen molar-refractivity contribution in [3.05, 3.63) is 88.2 Å². The van der Waals surface area contributed by atoms with Crippen molar-refractivity contribution >= 4 is 46.3 Å². The van der Waals surface area contributed by atoms with Gasteiger partial charge in [0, 0.05) is 9.90 Å². The molecule has 0 amide bonds. The van der Waals surface area contributed by atoms with Gasteiger partial charge in [-0.1, -0.05) is 47.2 Å². The monoisotopic (exact) mass is 430 g/mol. The van der Waals surface area contributed by atoms with Crippen molar-refractivity contribution in [3.8, 4) is 0 Å². The lowest BCUT2D eigenvalue weighted by Crippen LogP contribution is -2.39. The van der Waals surface area contributed by atoms with Gasteiger partial charge in [-0.15, -0.1) is 11.3 Å². The van der Waals surface area contributed by atoms with E-state index in [0.717, 1.165) is 10.4 Å². The summed E-state index contributed by atoms with van der Waals surface area (Å²) in [6, 6.07) is 10.6. The van der Waals surface area contributed by atoms with Gasteiger partial charge in [-0.25, -0.2) is 9.79 Å². The highest BCUT2D eigenvalue weighted by molar-refractivity contribution is 7.10. The first-order valence-corrected chi connectivity index (χ1v) is 10.5. The zero-order valence-electron chi connectivity index (χ0n) is 15.0. The Morgan fingerprint density at radius 2 is 2.07 bits per heavy atom. The number of halogens is 1. The van der Waals surface area contributed by atoms with E-state index in [9.17, 15) is 9.59 Å². The van der Waals surface area contributed by atoms with Crippen LogP contribution < -0.4 is 14.9 Å². The standard InChI is InChI=1S/C20H15ClN2O3S2/c1-11-16(19(25)26-2)17(14-8-5-9-27-14)23-18(24)15(28-20(23)22-11)10-12-6-3-4-7-13(12)21/h3-10,17H,1-2H3/b15-10-/t17-/m1/s1. The molecule has 28 heavy (non-hydrogen) atoms. The lowest BCUT2D eigenvalue weighted by atomic mass is 10.0. The number of fused-ring (bicyclic) bond motifs is 1. The molecular formula is C20H15ClN2O3S2. The molecule has 1 atom stereocenters. The molecule has 0 saturated heterocycles. The number of carbonyl (C=O) groups excluding carboxylic acids is 1. The second-order valence-corrected chi connectivity index (χ2v) is 8.51. The van der Waals surface area contributed by atoms with Crippen LogP contribution in [0.1, 0.15) is 23.4 Å². The number of benzene rings is 1. The quantitative estimate of drug-likeness (QED) is 0.600. The molecule has 1 aliphatic rings. The van der Waals surface area contributed by atoms with Crippen molar-refractivity contribution in [2.45, 2.75) is 13.0 Å². The summed E-state index contributed by atoms with van der Waals surface area (Å²) < 4.78 is 7.05. The summed E-state index contributed by atoms with van der Waals surface area (Å²) in [5, 5.41) is 2.48. The van der Waals surface area contributed by atoms with E-state index in [-0.39, 0.29) is 5.56 Å². The Hall–Kier alpha value is -2.48. The van der Waals surface area contributed by atoms with Gasteiger partial charge < -0.3 is 4.74 Å². The fraction of sp³-hybridized carbons (Fsp3) is 0.150. The van der Waals surface area contributed by atoms with Crippen molar-refractivity contribution in [2.24, 2.45) is 4.99 Å². The van der Waals surface area contributed by atoms with Crippen LogP contribution >= 0.6 is 34.3 Å². The van der Waals surface area contributed by atoms with Gasteiger partial charge in [0.15, 0.2) is 4.80 Å². The summed E-state index contributed by atoms with van der Waals surface area (Å²) in [6.45, 7) is 1.76. The molecule has 2 aromatic heterocycles. The van der Waals surface area contributed by atoms with E-state index in [1.807, 2.05) is 35.7 Å². The van der Waals surface area contributed by atoms with Crippen molar-refractivity contribution in [2.75, 3.05) is 7.11 Å². The Balaban J connectivity index is 1.99. The number of carbonyl (C=O) groups is 1. The predicted molar refractivity (Wildman–Crippen MR) is 112 cm³/mol. The topological polar surface area (TPSA) is 60.7 Å². The van der Waals surface area contributed by atoms with Gasteiger partial charge in [-0.2, -0.15) is 0 Å². The highest BCUT2D eigenvalue weighted by atomic mass is 35.5. The number of rotatable bonds is 3. The summed E-state index contributed by atoms with van der Waals surface area (Å²) in [7, 11) is 1.33. The maximum absolute atomic E-state index is 13.3. The van der Waals surface area contributed by atoms with Crippen molar-refractivity contribution in [3.63, 3.8) is 0 Å². The third-order valence-electron chi connectivity index (χ3n) is 4.43. The van der Waals surface area contributed by atoms with E-state index in [1.54, 1.807) is 23.6 Å². The van der Waals surface area contributed by atoms with Crippen molar-refractivity contribution in [1.29, 1.82) is 0 Å². The molecule has 0 fully saturated rings. The van der Waals surface area contributed by atoms with Crippen LogP contribution in [0.15, 0.2) is 62.8 Å². The molecule has 3 aromatic rings. The van der Waals surface area contributed by atoms with Crippen molar-refractivity contribution in [1.82, 2.24) is 4.57 Å². The molecule has 3 heterocycles. The molecular weight excluding hydrogens is 416 g/mol. The lowest BCUT2D eigenvalue weighted by Gasteiger charge is -2.22. The molecule has 0 spiro atoms. The molecule has 8 heteroatoms. The normalized spacial score (nSPS) is 16.7. The van der Waals surface area contributed by atoms with Crippen LogP contribution in [0.2, 0.25) is 5.02 Å². The number of aromatic nitrogens is 1. The maximum atomic E-state index is 13.3. The second-order valence-electron chi connectivity index (χ2n) is 6.11.